The fraction of sp³-hybridized carbons (Fsp3) is 0.600. The number of likely N-dealkylation sites (N-methyl/N-ethyl adjacent to an activating group) is 2. The number of hydrogen-bond donors (Lipinski definition) is 1. The average Bonchev–Trinajstić information content (AvgIpc) is 2.18. The minimum absolute atomic E-state index is 0.553. The smallest absolute Gasteiger partial charge is 0.136 e. The van der Waals surface area contributed by atoms with E-state index in [0.717, 1.165) is 24.5 Å². The van der Waals surface area contributed by atoms with E-state index in [9.17, 15) is 0 Å². The van der Waals surface area contributed by atoms with Gasteiger partial charge in [0.05, 0.1) is 0 Å². The summed E-state index contributed by atoms with van der Waals surface area (Å²) in [4.78, 5) is 12.4. The zero-order chi connectivity index (χ0) is 11.4. The van der Waals surface area contributed by atoms with Crippen LogP contribution < -0.4 is 10.6 Å². The van der Waals surface area contributed by atoms with Crippen molar-refractivity contribution in [1.29, 1.82) is 0 Å². The van der Waals surface area contributed by atoms with Crippen molar-refractivity contribution >= 4 is 11.6 Å². The molecule has 84 valence electrons. The molecule has 0 fully saturated rings. The summed E-state index contributed by atoms with van der Waals surface area (Å²) < 4.78 is 0. The normalized spacial score (nSPS) is 10.7. The summed E-state index contributed by atoms with van der Waals surface area (Å²) in [6, 6.07) is 0. The summed E-state index contributed by atoms with van der Waals surface area (Å²) in [5, 5.41) is 0. The Morgan fingerprint density at radius 1 is 1.20 bits per heavy atom. The van der Waals surface area contributed by atoms with E-state index in [4.69, 9.17) is 5.73 Å². The lowest BCUT2D eigenvalue weighted by Crippen LogP contribution is -2.29. The predicted molar refractivity (Wildman–Crippen MR) is 63.0 cm³/mol. The van der Waals surface area contributed by atoms with Crippen molar-refractivity contribution in [1.82, 2.24) is 14.9 Å². The van der Waals surface area contributed by atoms with Gasteiger partial charge >= 0.3 is 0 Å². The highest BCUT2D eigenvalue weighted by atomic mass is 15.2. The molecule has 0 aromatic carbocycles. The highest BCUT2D eigenvalue weighted by Gasteiger charge is 2.08. The van der Waals surface area contributed by atoms with E-state index in [-0.39, 0.29) is 0 Å². The molecule has 0 amide bonds. The molecule has 1 aromatic heterocycles. The molecule has 1 aromatic rings. The van der Waals surface area contributed by atoms with Crippen LogP contribution in [0.2, 0.25) is 0 Å². The van der Waals surface area contributed by atoms with E-state index in [1.54, 1.807) is 0 Å². The van der Waals surface area contributed by atoms with E-state index < -0.39 is 0 Å². The van der Waals surface area contributed by atoms with E-state index in [1.807, 2.05) is 14.0 Å². The lowest BCUT2D eigenvalue weighted by molar-refractivity contribution is 0.416. The first kappa shape index (κ1) is 11.7. The topological polar surface area (TPSA) is 58.3 Å². The van der Waals surface area contributed by atoms with Gasteiger partial charge in [0.2, 0.25) is 0 Å². The summed E-state index contributed by atoms with van der Waals surface area (Å²) in [5.41, 5.74) is 6.67. The van der Waals surface area contributed by atoms with Gasteiger partial charge in [-0.05, 0) is 21.0 Å². The quantitative estimate of drug-likeness (QED) is 0.776. The minimum Gasteiger partial charge on any atom is -0.383 e. The van der Waals surface area contributed by atoms with Crippen LogP contribution in [0.15, 0.2) is 6.33 Å². The van der Waals surface area contributed by atoms with E-state index in [1.165, 1.54) is 6.33 Å². The minimum atomic E-state index is 0.553. The Bertz CT molecular complexity index is 324. The molecule has 0 bridgehead atoms. The molecule has 0 saturated heterocycles. The van der Waals surface area contributed by atoms with Crippen LogP contribution in [-0.2, 0) is 0 Å². The van der Waals surface area contributed by atoms with Gasteiger partial charge in [0.15, 0.2) is 0 Å². The van der Waals surface area contributed by atoms with Crippen LogP contribution in [0.3, 0.4) is 0 Å². The van der Waals surface area contributed by atoms with Crippen molar-refractivity contribution in [2.24, 2.45) is 0 Å². The van der Waals surface area contributed by atoms with Gasteiger partial charge in [-0.15, -0.1) is 0 Å². The van der Waals surface area contributed by atoms with Crippen LogP contribution in [0.4, 0.5) is 11.6 Å². The Morgan fingerprint density at radius 3 is 2.47 bits per heavy atom. The zero-order valence-electron chi connectivity index (χ0n) is 9.86. The Labute approximate surface area is 90.9 Å². The van der Waals surface area contributed by atoms with E-state index >= 15 is 0 Å². The molecule has 5 nitrogen and oxygen atoms in total. The number of nitrogens with zero attached hydrogens (tertiary/aromatic N) is 4. The number of rotatable bonds is 4. The Kier molecular flexibility index (Phi) is 3.85. The second-order valence-electron chi connectivity index (χ2n) is 3.93. The number of nitrogen functional groups attached to an aromatic ring is 1. The molecule has 0 atom stereocenters. The summed E-state index contributed by atoms with van der Waals surface area (Å²) in [5.74, 6) is 1.46. The molecule has 0 spiro atoms. The molecule has 0 radical (unpaired) electrons. The number of aromatic nitrogens is 2. The van der Waals surface area contributed by atoms with Crippen LogP contribution >= 0.6 is 0 Å². The van der Waals surface area contributed by atoms with Gasteiger partial charge in [-0.2, -0.15) is 0 Å². The largest absolute Gasteiger partial charge is 0.383 e. The maximum atomic E-state index is 5.73. The first-order valence-corrected chi connectivity index (χ1v) is 4.95. The van der Waals surface area contributed by atoms with Crippen molar-refractivity contribution in [3.05, 3.63) is 11.9 Å². The van der Waals surface area contributed by atoms with Crippen molar-refractivity contribution in [3.63, 3.8) is 0 Å². The van der Waals surface area contributed by atoms with Gasteiger partial charge in [-0.25, -0.2) is 9.97 Å². The van der Waals surface area contributed by atoms with Gasteiger partial charge in [0.25, 0.3) is 0 Å². The fourth-order valence-corrected chi connectivity index (χ4v) is 1.29. The molecule has 0 unspecified atom stereocenters. The molecular weight excluding hydrogens is 190 g/mol. The molecule has 15 heavy (non-hydrogen) atoms. The third-order valence-electron chi connectivity index (χ3n) is 2.34. The fourth-order valence-electron chi connectivity index (χ4n) is 1.29. The number of hydrogen-bond acceptors (Lipinski definition) is 5. The maximum absolute atomic E-state index is 5.73. The Morgan fingerprint density at radius 2 is 1.87 bits per heavy atom. The van der Waals surface area contributed by atoms with Gasteiger partial charge in [-0.3, -0.25) is 0 Å². The number of anilines is 2. The van der Waals surface area contributed by atoms with Crippen LogP contribution in [0.5, 0.6) is 0 Å². The summed E-state index contributed by atoms with van der Waals surface area (Å²) in [6.45, 7) is 3.85. The first-order valence-electron chi connectivity index (χ1n) is 4.95. The molecule has 1 rings (SSSR count). The Hall–Kier alpha value is -1.36. The maximum Gasteiger partial charge on any atom is 0.136 e. The van der Waals surface area contributed by atoms with Crippen LogP contribution in [0.1, 0.15) is 5.56 Å². The van der Waals surface area contributed by atoms with Gasteiger partial charge in [0.1, 0.15) is 18.0 Å². The Balaban J connectivity index is 2.73. The molecule has 2 N–H and O–H groups in total. The van der Waals surface area contributed by atoms with Crippen molar-refractivity contribution in [2.45, 2.75) is 6.92 Å². The third-order valence-corrected chi connectivity index (χ3v) is 2.34. The molecular formula is C10H19N5. The highest BCUT2D eigenvalue weighted by molar-refractivity contribution is 5.55. The third kappa shape index (κ3) is 3.06. The van der Waals surface area contributed by atoms with Gasteiger partial charge < -0.3 is 15.5 Å². The first-order chi connectivity index (χ1) is 7.02. The van der Waals surface area contributed by atoms with Crippen molar-refractivity contribution in [3.8, 4) is 0 Å². The second kappa shape index (κ2) is 4.93. The molecule has 0 aliphatic heterocycles. The molecule has 1 heterocycles. The van der Waals surface area contributed by atoms with Crippen molar-refractivity contribution < 1.29 is 0 Å². The SMILES string of the molecule is Cc1c(N)ncnc1N(C)CCN(C)C. The monoisotopic (exact) mass is 209 g/mol. The molecule has 0 saturated carbocycles. The molecule has 0 aliphatic rings. The van der Waals surface area contributed by atoms with Crippen LogP contribution in [-0.4, -0.2) is 49.1 Å². The lowest BCUT2D eigenvalue weighted by Gasteiger charge is -2.22. The van der Waals surface area contributed by atoms with E-state index in [2.05, 4.69) is 33.9 Å². The van der Waals surface area contributed by atoms with Crippen LogP contribution in [0.25, 0.3) is 0 Å². The lowest BCUT2D eigenvalue weighted by atomic mass is 10.3. The standard InChI is InChI=1S/C10H19N5/c1-8-9(11)12-7-13-10(8)15(4)6-5-14(2)3/h7H,5-6H2,1-4H3,(H2,11,12,13). The summed E-state index contributed by atoms with van der Waals surface area (Å²) >= 11 is 0. The summed E-state index contributed by atoms with van der Waals surface area (Å²) in [6.07, 6.45) is 1.50. The van der Waals surface area contributed by atoms with Gasteiger partial charge in [-0.1, -0.05) is 0 Å². The summed E-state index contributed by atoms with van der Waals surface area (Å²) in [7, 11) is 6.11. The predicted octanol–water partition coefficient (Wildman–Crippen LogP) is 0.365. The molecule has 0 aliphatic carbocycles. The zero-order valence-corrected chi connectivity index (χ0v) is 9.86. The highest BCUT2D eigenvalue weighted by Crippen LogP contribution is 2.18. The number of nitrogens with two attached hydrogens (primary N) is 1. The molecule has 5 heteroatoms. The second-order valence-corrected chi connectivity index (χ2v) is 3.93. The van der Waals surface area contributed by atoms with Crippen molar-refractivity contribution in [2.75, 3.05) is 44.9 Å². The average molecular weight is 209 g/mol. The van der Waals surface area contributed by atoms with E-state index in [0.29, 0.717) is 5.82 Å². The van der Waals surface area contributed by atoms with Gasteiger partial charge in [0, 0.05) is 25.7 Å². The van der Waals surface area contributed by atoms with Crippen LogP contribution in [0, 0.1) is 6.92 Å².